The third-order valence-corrected chi connectivity index (χ3v) is 5.18. The SMILES string of the molecule is Cn1c(C(=O)N(Cc2cccc(F)c2)CC2CCCO2)cc(Cl)c1Cl. The Labute approximate surface area is 156 Å². The molecule has 0 aliphatic carbocycles. The molecule has 1 amide bonds. The average molecular weight is 385 g/mol. The standard InChI is InChI=1S/C18H19Cl2FN2O2/c1-22-16(9-15(19)17(22)20)18(24)23(11-14-6-3-7-25-14)10-12-4-2-5-13(21)8-12/h2,4-5,8-9,14H,3,6-7,10-11H2,1H3. The highest BCUT2D eigenvalue weighted by molar-refractivity contribution is 6.41. The van der Waals surface area contributed by atoms with Crippen LogP contribution in [-0.4, -0.2) is 34.6 Å². The fraction of sp³-hybridized carbons (Fsp3) is 0.389. The van der Waals surface area contributed by atoms with Gasteiger partial charge in [0.05, 0.1) is 11.1 Å². The highest BCUT2D eigenvalue weighted by Crippen LogP contribution is 2.27. The summed E-state index contributed by atoms with van der Waals surface area (Å²) in [5.41, 5.74) is 1.11. The highest BCUT2D eigenvalue weighted by Gasteiger charge is 2.26. The minimum Gasteiger partial charge on any atom is -0.376 e. The lowest BCUT2D eigenvalue weighted by Gasteiger charge is -2.26. The number of amides is 1. The molecule has 2 aromatic rings. The predicted octanol–water partition coefficient (Wildman–Crippen LogP) is 4.29. The fourth-order valence-electron chi connectivity index (χ4n) is 3.02. The number of rotatable bonds is 5. The van der Waals surface area contributed by atoms with Gasteiger partial charge in [0.15, 0.2) is 0 Å². The molecule has 1 atom stereocenters. The molecule has 7 heteroatoms. The molecular formula is C18H19Cl2FN2O2. The van der Waals surface area contributed by atoms with Crippen molar-refractivity contribution in [2.24, 2.45) is 7.05 Å². The molecule has 134 valence electrons. The lowest BCUT2D eigenvalue weighted by molar-refractivity contribution is 0.0500. The van der Waals surface area contributed by atoms with Crippen LogP contribution in [0.15, 0.2) is 30.3 Å². The lowest BCUT2D eigenvalue weighted by atomic mass is 10.1. The Bertz CT molecular complexity index is 772. The minimum atomic E-state index is -0.327. The van der Waals surface area contributed by atoms with Gasteiger partial charge in [-0.15, -0.1) is 0 Å². The molecule has 1 aliphatic heterocycles. The maximum absolute atomic E-state index is 13.5. The molecule has 1 aromatic heterocycles. The summed E-state index contributed by atoms with van der Waals surface area (Å²) < 4.78 is 20.7. The van der Waals surface area contributed by atoms with Crippen LogP contribution in [0.3, 0.4) is 0 Å². The van der Waals surface area contributed by atoms with Crippen molar-refractivity contribution in [3.8, 4) is 0 Å². The molecule has 0 saturated carbocycles. The van der Waals surface area contributed by atoms with E-state index in [0.717, 1.165) is 18.4 Å². The summed E-state index contributed by atoms with van der Waals surface area (Å²) in [6.07, 6.45) is 1.87. The van der Waals surface area contributed by atoms with Crippen molar-refractivity contribution >= 4 is 29.1 Å². The molecule has 1 fully saturated rings. The van der Waals surface area contributed by atoms with E-state index < -0.39 is 0 Å². The second-order valence-electron chi connectivity index (χ2n) is 6.18. The Hall–Kier alpha value is -1.56. The van der Waals surface area contributed by atoms with Gasteiger partial charge < -0.3 is 14.2 Å². The van der Waals surface area contributed by atoms with Crippen LogP contribution in [0, 0.1) is 5.82 Å². The largest absolute Gasteiger partial charge is 0.376 e. The van der Waals surface area contributed by atoms with Gasteiger partial charge in [-0.1, -0.05) is 35.3 Å². The quantitative estimate of drug-likeness (QED) is 0.770. The molecule has 25 heavy (non-hydrogen) atoms. The van der Waals surface area contributed by atoms with E-state index in [-0.39, 0.29) is 24.4 Å². The number of hydrogen-bond donors (Lipinski definition) is 0. The number of carbonyl (C=O) groups is 1. The zero-order valence-electron chi connectivity index (χ0n) is 13.8. The van der Waals surface area contributed by atoms with Crippen molar-refractivity contribution in [3.63, 3.8) is 0 Å². The molecule has 0 N–H and O–H groups in total. The number of benzene rings is 1. The molecule has 4 nitrogen and oxygen atoms in total. The van der Waals surface area contributed by atoms with Gasteiger partial charge in [0.2, 0.25) is 0 Å². The maximum Gasteiger partial charge on any atom is 0.270 e. The minimum absolute atomic E-state index is 0.0104. The fourth-order valence-corrected chi connectivity index (χ4v) is 3.39. The van der Waals surface area contributed by atoms with E-state index in [0.29, 0.717) is 29.0 Å². The highest BCUT2D eigenvalue weighted by atomic mass is 35.5. The van der Waals surface area contributed by atoms with Gasteiger partial charge in [-0.25, -0.2) is 4.39 Å². The molecule has 3 rings (SSSR count). The van der Waals surface area contributed by atoms with Crippen molar-refractivity contribution in [2.45, 2.75) is 25.5 Å². The van der Waals surface area contributed by atoms with Gasteiger partial charge in [0.1, 0.15) is 16.7 Å². The van der Waals surface area contributed by atoms with E-state index in [1.54, 1.807) is 34.7 Å². The first-order valence-corrected chi connectivity index (χ1v) is 8.87. The van der Waals surface area contributed by atoms with E-state index in [1.165, 1.54) is 12.1 Å². The van der Waals surface area contributed by atoms with Gasteiger partial charge in [-0.05, 0) is 36.6 Å². The first-order valence-electron chi connectivity index (χ1n) is 8.11. The van der Waals surface area contributed by atoms with Crippen molar-refractivity contribution < 1.29 is 13.9 Å². The molecule has 1 aromatic carbocycles. The van der Waals surface area contributed by atoms with E-state index >= 15 is 0 Å². The second-order valence-corrected chi connectivity index (χ2v) is 6.94. The summed E-state index contributed by atoms with van der Waals surface area (Å²) >= 11 is 12.1. The number of aromatic nitrogens is 1. The summed E-state index contributed by atoms with van der Waals surface area (Å²) in [4.78, 5) is 14.7. The molecular weight excluding hydrogens is 366 g/mol. The van der Waals surface area contributed by atoms with Crippen molar-refractivity contribution in [1.29, 1.82) is 0 Å². The third kappa shape index (κ3) is 4.17. The molecule has 0 spiro atoms. The first-order chi connectivity index (χ1) is 12.0. The Morgan fingerprint density at radius 3 is 2.80 bits per heavy atom. The van der Waals surface area contributed by atoms with Gasteiger partial charge in [0.25, 0.3) is 5.91 Å². The molecule has 1 aliphatic rings. The van der Waals surface area contributed by atoms with Crippen molar-refractivity contribution in [3.05, 3.63) is 57.6 Å². The Balaban J connectivity index is 1.86. The lowest BCUT2D eigenvalue weighted by Crippen LogP contribution is -2.37. The number of hydrogen-bond acceptors (Lipinski definition) is 2. The zero-order chi connectivity index (χ0) is 18.0. The normalized spacial score (nSPS) is 17.0. The number of halogens is 3. The predicted molar refractivity (Wildman–Crippen MR) is 95.5 cm³/mol. The third-order valence-electron chi connectivity index (χ3n) is 4.33. The van der Waals surface area contributed by atoms with Gasteiger partial charge in [-0.2, -0.15) is 0 Å². The van der Waals surface area contributed by atoms with E-state index in [9.17, 15) is 9.18 Å². The van der Waals surface area contributed by atoms with E-state index in [2.05, 4.69) is 0 Å². The summed E-state index contributed by atoms with van der Waals surface area (Å²) in [7, 11) is 1.69. The topological polar surface area (TPSA) is 34.5 Å². The van der Waals surface area contributed by atoms with Crippen molar-refractivity contribution in [2.75, 3.05) is 13.2 Å². The Morgan fingerprint density at radius 1 is 1.40 bits per heavy atom. The number of carbonyl (C=O) groups excluding carboxylic acids is 1. The first kappa shape index (κ1) is 18.2. The summed E-state index contributed by atoms with van der Waals surface area (Å²) in [5.74, 6) is -0.539. The average Bonchev–Trinajstić information content (AvgIpc) is 3.18. The summed E-state index contributed by atoms with van der Waals surface area (Å²) in [6.45, 7) is 1.43. The van der Waals surface area contributed by atoms with E-state index in [1.807, 2.05) is 0 Å². The van der Waals surface area contributed by atoms with Crippen molar-refractivity contribution in [1.82, 2.24) is 9.47 Å². The molecule has 1 saturated heterocycles. The maximum atomic E-state index is 13.5. The van der Waals surface area contributed by atoms with Gasteiger partial charge in [-0.3, -0.25) is 4.79 Å². The van der Waals surface area contributed by atoms with Crippen LogP contribution in [0.25, 0.3) is 0 Å². The van der Waals surface area contributed by atoms with Gasteiger partial charge >= 0.3 is 0 Å². The number of nitrogens with zero attached hydrogens (tertiary/aromatic N) is 2. The van der Waals surface area contributed by atoms with Crippen LogP contribution in [-0.2, 0) is 18.3 Å². The van der Waals surface area contributed by atoms with Crippen LogP contribution in [0.1, 0.15) is 28.9 Å². The van der Waals surface area contributed by atoms with Crippen LogP contribution in [0.5, 0.6) is 0 Å². The second kappa shape index (κ2) is 7.77. The molecule has 1 unspecified atom stereocenters. The summed E-state index contributed by atoms with van der Waals surface area (Å²) in [5, 5.41) is 0.642. The van der Waals surface area contributed by atoms with Gasteiger partial charge in [0, 0.05) is 26.7 Å². The van der Waals surface area contributed by atoms with Crippen LogP contribution >= 0.6 is 23.2 Å². The van der Waals surface area contributed by atoms with Crippen LogP contribution < -0.4 is 0 Å². The van der Waals surface area contributed by atoms with Crippen LogP contribution in [0.2, 0.25) is 10.2 Å². The Morgan fingerprint density at radius 2 is 2.20 bits per heavy atom. The Kier molecular flexibility index (Phi) is 5.67. The number of ether oxygens (including phenoxy) is 1. The van der Waals surface area contributed by atoms with E-state index in [4.69, 9.17) is 27.9 Å². The molecule has 0 radical (unpaired) electrons. The van der Waals surface area contributed by atoms with Crippen LogP contribution in [0.4, 0.5) is 4.39 Å². The molecule has 2 heterocycles. The monoisotopic (exact) mass is 384 g/mol. The molecule has 0 bridgehead atoms. The smallest absolute Gasteiger partial charge is 0.270 e. The zero-order valence-corrected chi connectivity index (χ0v) is 15.4. The summed E-state index contributed by atoms with van der Waals surface area (Å²) in [6, 6.07) is 7.80.